The summed E-state index contributed by atoms with van der Waals surface area (Å²) >= 11 is 7.74. The molecule has 4 nitrogen and oxygen atoms in total. The molecular weight excluding hydrogens is 270 g/mol. The number of aliphatic hydroxyl groups is 1. The van der Waals surface area contributed by atoms with E-state index in [2.05, 4.69) is 10.1 Å². The Hall–Kier alpha value is -0.910. The van der Waals surface area contributed by atoms with Crippen LogP contribution in [-0.4, -0.2) is 26.0 Å². The summed E-state index contributed by atoms with van der Waals surface area (Å²) in [5, 5.41) is 17.9. The van der Waals surface area contributed by atoms with E-state index in [1.54, 1.807) is 23.1 Å². The van der Waals surface area contributed by atoms with Crippen molar-refractivity contribution < 1.29 is 5.11 Å². The highest BCUT2D eigenvalue weighted by Gasteiger charge is 2.16. The Labute approximate surface area is 115 Å². The van der Waals surface area contributed by atoms with E-state index in [4.69, 9.17) is 11.6 Å². The van der Waals surface area contributed by atoms with Crippen molar-refractivity contribution in [3.05, 3.63) is 32.5 Å². The van der Waals surface area contributed by atoms with Crippen molar-refractivity contribution in [1.29, 1.82) is 0 Å². The third-order valence-electron chi connectivity index (χ3n) is 2.82. The number of aromatic nitrogens is 3. The average molecular weight is 286 g/mol. The summed E-state index contributed by atoms with van der Waals surface area (Å²) in [6.45, 7) is 3.86. The third kappa shape index (κ3) is 2.91. The van der Waals surface area contributed by atoms with Crippen LogP contribution < -0.4 is 0 Å². The molecule has 2 rings (SSSR count). The number of nitrogens with zero attached hydrogens (tertiary/aromatic N) is 3. The molecule has 0 amide bonds. The number of rotatable bonds is 4. The van der Waals surface area contributed by atoms with E-state index in [0.29, 0.717) is 18.0 Å². The quantitative estimate of drug-likeness (QED) is 0.938. The Kier molecular flexibility index (Phi) is 4.04. The van der Waals surface area contributed by atoms with Gasteiger partial charge in [-0.3, -0.25) is 4.68 Å². The highest BCUT2D eigenvalue weighted by Crippen LogP contribution is 2.21. The van der Waals surface area contributed by atoms with E-state index in [1.807, 2.05) is 19.2 Å². The van der Waals surface area contributed by atoms with Gasteiger partial charge in [0.2, 0.25) is 0 Å². The molecule has 6 heteroatoms. The molecule has 2 aromatic rings. The molecule has 0 aliphatic heterocycles. The molecule has 0 aliphatic carbocycles. The topological polar surface area (TPSA) is 50.9 Å². The van der Waals surface area contributed by atoms with Crippen molar-refractivity contribution >= 4 is 22.9 Å². The molecule has 2 heterocycles. The van der Waals surface area contributed by atoms with Crippen molar-refractivity contribution in [3.63, 3.8) is 0 Å². The zero-order chi connectivity index (χ0) is 13.3. The zero-order valence-electron chi connectivity index (χ0n) is 10.6. The van der Waals surface area contributed by atoms with Gasteiger partial charge in [-0.2, -0.15) is 5.10 Å². The Balaban J connectivity index is 2.05. The maximum Gasteiger partial charge on any atom is 0.130 e. The fourth-order valence-corrected chi connectivity index (χ4v) is 2.83. The van der Waals surface area contributed by atoms with Gasteiger partial charge in [0.25, 0.3) is 0 Å². The van der Waals surface area contributed by atoms with E-state index in [-0.39, 0.29) is 0 Å². The van der Waals surface area contributed by atoms with Crippen molar-refractivity contribution in [1.82, 2.24) is 14.8 Å². The number of halogens is 1. The van der Waals surface area contributed by atoms with E-state index in [0.717, 1.165) is 22.0 Å². The maximum atomic E-state index is 10.1. The molecule has 0 aromatic carbocycles. The highest BCUT2D eigenvalue weighted by atomic mass is 35.5. The molecular formula is C12H16ClN3OS. The Morgan fingerprint density at radius 1 is 1.44 bits per heavy atom. The lowest BCUT2D eigenvalue weighted by molar-refractivity contribution is 0.174. The average Bonchev–Trinajstić information content (AvgIpc) is 2.78. The largest absolute Gasteiger partial charge is 0.392 e. The lowest BCUT2D eigenvalue weighted by Crippen LogP contribution is -2.14. The Morgan fingerprint density at radius 2 is 2.17 bits per heavy atom. The van der Waals surface area contributed by atoms with Crippen LogP contribution in [0.25, 0.3) is 0 Å². The first-order valence-corrected chi connectivity index (χ1v) is 7.00. The van der Waals surface area contributed by atoms with Gasteiger partial charge in [0.1, 0.15) is 5.15 Å². The number of hydrogen-bond donors (Lipinski definition) is 1. The summed E-state index contributed by atoms with van der Waals surface area (Å²) in [6, 6.07) is 0. The first-order valence-electron chi connectivity index (χ1n) is 5.74. The monoisotopic (exact) mass is 285 g/mol. The molecule has 0 radical (unpaired) electrons. The van der Waals surface area contributed by atoms with E-state index < -0.39 is 6.10 Å². The number of thiazole rings is 1. The third-order valence-corrected chi connectivity index (χ3v) is 4.12. The minimum absolute atomic E-state index is 0.480. The minimum Gasteiger partial charge on any atom is -0.392 e. The van der Waals surface area contributed by atoms with E-state index >= 15 is 0 Å². The summed E-state index contributed by atoms with van der Waals surface area (Å²) < 4.78 is 1.63. The molecule has 0 saturated heterocycles. The van der Waals surface area contributed by atoms with Crippen LogP contribution in [0.4, 0.5) is 0 Å². The SMILES string of the molecule is Cc1nc(CC(O)Cc2c(C)nn(C)c2Cl)cs1. The summed E-state index contributed by atoms with van der Waals surface area (Å²) in [4.78, 5) is 4.35. The molecule has 0 fully saturated rings. The second-order valence-electron chi connectivity index (χ2n) is 4.40. The lowest BCUT2D eigenvalue weighted by atomic mass is 10.1. The second kappa shape index (κ2) is 5.38. The van der Waals surface area contributed by atoms with Crippen molar-refractivity contribution in [2.24, 2.45) is 7.05 Å². The molecule has 1 N–H and O–H groups in total. The fourth-order valence-electron chi connectivity index (χ4n) is 1.96. The van der Waals surface area contributed by atoms with Gasteiger partial charge >= 0.3 is 0 Å². The summed E-state index contributed by atoms with van der Waals surface area (Å²) in [5.41, 5.74) is 2.72. The van der Waals surface area contributed by atoms with Crippen LogP contribution in [0.2, 0.25) is 5.15 Å². The van der Waals surface area contributed by atoms with Crippen LogP contribution in [0.15, 0.2) is 5.38 Å². The first kappa shape index (κ1) is 13.5. The normalized spacial score (nSPS) is 12.9. The Bertz CT molecular complexity index is 550. The van der Waals surface area contributed by atoms with Crippen molar-refractivity contribution in [2.75, 3.05) is 0 Å². The zero-order valence-corrected chi connectivity index (χ0v) is 12.2. The van der Waals surface area contributed by atoms with Gasteiger partial charge in [-0.05, 0) is 13.8 Å². The Morgan fingerprint density at radius 3 is 2.67 bits per heavy atom. The van der Waals surface area contributed by atoms with Crippen LogP contribution >= 0.6 is 22.9 Å². The van der Waals surface area contributed by atoms with Crippen LogP contribution in [0, 0.1) is 13.8 Å². The fraction of sp³-hybridized carbons (Fsp3) is 0.500. The predicted molar refractivity (Wildman–Crippen MR) is 73.2 cm³/mol. The number of aliphatic hydroxyl groups excluding tert-OH is 1. The molecule has 0 saturated carbocycles. The van der Waals surface area contributed by atoms with Crippen LogP contribution in [0.1, 0.15) is 22.0 Å². The summed E-state index contributed by atoms with van der Waals surface area (Å²) in [5.74, 6) is 0. The highest BCUT2D eigenvalue weighted by molar-refractivity contribution is 7.09. The smallest absolute Gasteiger partial charge is 0.130 e. The predicted octanol–water partition coefficient (Wildman–Crippen LogP) is 2.29. The van der Waals surface area contributed by atoms with Gasteiger partial charge in [-0.15, -0.1) is 11.3 Å². The molecule has 2 aromatic heterocycles. The molecule has 1 atom stereocenters. The summed E-state index contributed by atoms with van der Waals surface area (Å²) in [7, 11) is 1.80. The van der Waals surface area contributed by atoms with Gasteiger partial charge in [-0.1, -0.05) is 11.6 Å². The lowest BCUT2D eigenvalue weighted by Gasteiger charge is -2.08. The molecule has 0 aliphatic rings. The van der Waals surface area contributed by atoms with Crippen molar-refractivity contribution in [3.8, 4) is 0 Å². The van der Waals surface area contributed by atoms with Crippen LogP contribution in [-0.2, 0) is 19.9 Å². The second-order valence-corrected chi connectivity index (χ2v) is 5.82. The van der Waals surface area contributed by atoms with Crippen LogP contribution in [0.5, 0.6) is 0 Å². The maximum absolute atomic E-state index is 10.1. The van der Waals surface area contributed by atoms with Gasteiger partial charge in [-0.25, -0.2) is 4.98 Å². The molecule has 0 bridgehead atoms. The van der Waals surface area contributed by atoms with E-state index in [9.17, 15) is 5.11 Å². The first-order chi connectivity index (χ1) is 8.47. The van der Waals surface area contributed by atoms with Crippen LogP contribution in [0.3, 0.4) is 0 Å². The van der Waals surface area contributed by atoms with Gasteiger partial charge in [0.05, 0.1) is 22.5 Å². The summed E-state index contributed by atoms with van der Waals surface area (Å²) in [6.07, 6.45) is 0.580. The standard InChI is InChI=1S/C12H16ClN3OS/c1-7-11(12(13)16(3)15-7)5-10(17)4-9-6-18-8(2)14-9/h6,10,17H,4-5H2,1-3H3. The molecule has 18 heavy (non-hydrogen) atoms. The molecule has 98 valence electrons. The minimum atomic E-state index is -0.480. The van der Waals surface area contributed by atoms with Gasteiger partial charge in [0, 0.05) is 30.8 Å². The number of aryl methyl sites for hydroxylation is 3. The van der Waals surface area contributed by atoms with Gasteiger partial charge in [0.15, 0.2) is 0 Å². The van der Waals surface area contributed by atoms with Crippen molar-refractivity contribution in [2.45, 2.75) is 32.8 Å². The number of hydrogen-bond acceptors (Lipinski definition) is 4. The molecule has 1 unspecified atom stereocenters. The van der Waals surface area contributed by atoms with E-state index in [1.165, 1.54) is 0 Å². The van der Waals surface area contributed by atoms with Gasteiger partial charge < -0.3 is 5.11 Å². The molecule has 0 spiro atoms.